The van der Waals surface area contributed by atoms with Crippen LogP contribution in [-0.2, 0) is 54.8 Å². The number of esters is 1. The molecule has 2 amide bonds. The quantitative estimate of drug-likeness (QED) is 0.0215. The van der Waals surface area contributed by atoms with Crippen LogP contribution in [0.3, 0.4) is 0 Å². The standard InChI is InChI=1S/C34H42N4O6S.C16H21N3O2S.C12H12ClNO2S.C6H15N.C4H10N2/c1-4-32(39)35-19-9-8-14-27(24-33(40)44-25-26-12-6-5-7-13-26)34(41)37-20-22-38(23-21-37)45(42,43)31-18-11-15-28-29(31)16-10-17-30(28)36(2)3;1-18(2)15-7-3-6-14-13(15)5-4-8-16(14)22(20,21)19-11-9-17-10-12-19;1-14(2)11-7-3-6-10-9(11)5-4-8-12(10)17(13,15)16;1-4-7(5-2)6-3;1-2-6-4-3-5-1/h4-7,10-13,15-18,27H,1,8-9,14,19-25H2,2-3H3,(H,35,39);3-8,17H,9-12H2,1-2H3;3-8H,1-2H3;4-6H2,1-3H3;5-6H,1-4H2/t27-;;;;/m1..../s1. The SMILES string of the molecule is C1CNCCN1.C=CC(=O)NCCCC[C@H](CC(=O)OCc1ccccc1)C(=O)N1CCN(S(=O)(=O)c2cccc3c(N(C)C)cccc23)CC1.CCN(CC)CC.CN(C)c1cccc2c(S(=O)(=O)Cl)cccc12.CN(C)c1cccc2c(S(=O)(=O)N3CCNCC3)cccc12. The number of nitrogens with zero attached hydrogens (tertiary/aromatic N) is 7. The van der Waals surface area contributed by atoms with Gasteiger partial charge < -0.3 is 50.5 Å². The number of carbonyl (C=O) groups is 3. The number of carbonyl (C=O) groups excluding carboxylic acids is 3. The normalized spacial score (nSPS) is 14.8. The molecule has 7 aromatic carbocycles. The Kier molecular flexibility index (Phi) is 31.5. The van der Waals surface area contributed by atoms with Gasteiger partial charge in [-0.25, -0.2) is 25.3 Å². The van der Waals surface area contributed by atoms with Crippen LogP contribution in [0.15, 0.2) is 167 Å². The maximum absolute atomic E-state index is 13.8. The van der Waals surface area contributed by atoms with Crippen molar-refractivity contribution in [3.05, 3.63) is 158 Å². The van der Waals surface area contributed by atoms with Crippen molar-refractivity contribution in [1.29, 1.82) is 0 Å². The molecule has 0 aromatic heterocycles. The second kappa shape index (κ2) is 38.8. The van der Waals surface area contributed by atoms with Crippen molar-refractivity contribution < 1.29 is 44.4 Å². The minimum atomic E-state index is -3.82. The van der Waals surface area contributed by atoms with Crippen LogP contribution in [0.5, 0.6) is 0 Å². The number of amides is 2. The molecule has 21 nitrogen and oxygen atoms in total. The van der Waals surface area contributed by atoms with Gasteiger partial charge in [0.2, 0.25) is 31.9 Å². The average molecular weight is 1410 g/mol. The third-order valence-corrected chi connectivity index (χ3v) is 22.2. The predicted octanol–water partition coefficient (Wildman–Crippen LogP) is 8.82. The first-order chi connectivity index (χ1) is 46.4. The van der Waals surface area contributed by atoms with E-state index in [1.165, 1.54) is 36.1 Å². The van der Waals surface area contributed by atoms with Gasteiger partial charge in [0.1, 0.15) is 6.61 Å². The van der Waals surface area contributed by atoms with Crippen LogP contribution in [-0.4, -0.2) is 208 Å². The summed E-state index contributed by atoms with van der Waals surface area (Å²) in [6.45, 7) is 21.9. The first kappa shape index (κ1) is 78.8. The van der Waals surface area contributed by atoms with Gasteiger partial charge in [-0.1, -0.05) is 137 Å². The largest absolute Gasteiger partial charge is 0.461 e. The molecule has 25 heteroatoms. The number of unbranched alkanes of at least 4 members (excludes halogenated alkanes) is 1. The molecule has 4 N–H and O–H groups in total. The van der Waals surface area contributed by atoms with Gasteiger partial charge in [0.25, 0.3) is 9.05 Å². The molecule has 3 fully saturated rings. The molecule has 1 atom stereocenters. The Morgan fingerprint density at radius 2 is 0.928 bits per heavy atom. The Morgan fingerprint density at radius 3 is 1.33 bits per heavy atom. The zero-order chi connectivity index (χ0) is 70.7. The van der Waals surface area contributed by atoms with Gasteiger partial charge in [0.15, 0.2) is 0 Å². The smallest absolute Gasteiger partial charge is 0.306 e. The molecule has 0 spiro atoms. The van der Waals surface area contributed by atoms with Crippen molar-refractivity contribution in [2.75, 3.05) is 162 Å². The van der Waals surface area contributed by atoms with E-state index in [-0.39, 0.29) is 60.8 Å². The molecule has 97 heavy (non-hydrogen) atoms. The third kappa shape index (κ3) is 22.7. The molecule has 0 radical (unpaired) electrons. The first-order valence-corrected chi connectivity index (χ1v) is 38.3. The van der Waals surface area contributed by atoms with Crippen LogP contribution in [0.4, 0.5) is 17.1 Å². The number of piperazine rings is 3. The van der Waals surface area contributed by atoms with E-state index in [1.54, 1.807) is 39.5 Å². The summed E-state index contributed by atoms with van der Waals surface area (Å²) in [6, 6.07) is 42.2. The van der Waals surface area contributed by atoms with Crippen molar-refractivity contribution in [1.82, 2.24) is 39.7 Å². The summed E-state index contributed by atoms with van der Waals surface area (Å²) >= 11 is 0. The molecule has 10 rings (SSSR count). The van der Waals surface area contributed by atoms with Gasteiger partial charge in [0, 0.05) is 193 Å². The highest BCUT2D eigenvalue weighted by molar-refractivity contribution is 8.14. The van der Waals surface area contributed by atoms with Crippen LogP contribution in [0.2, 0.25) is 0 Å². The number of hydrogen-bond acceptors (Lipinski definition) is 17. The molecule has 528 valence electrons. The zero-order valence-corrected chi connectivity index (χ0v) is 61.0. The highest BCUT2D eigenvalue weighted by Crippen LogP contribution is 2.35. The van der Waals surface area contributed by atoms with E-state index < -0.39 is 41.0 Å². The Bertz CT molecular complexity index is 4020. The van der Waals surface area contributed by atoms with E-state index in [0.717, 1.165) is 70.3 Å². The fourth-order valence-electron chi connectivity index (χ4n) is 11.6. The molecule has 0 saturated carbocycles. The lowest BCUT2D eigenvalue weighted by atomic mass is 9.96. The number of hydrogen-bond donors (Lipinski definition) is 4. The molecular formula is C72H100ClN11O10S3. The van der Waals surface area contributed by atoms with Crippen molar-refractivity contribution in [2.45, 2.75) is 67.7 Å². The lowest BCUT2D eigenvalue weighted by Gasteiger charge is -2.36. The van der Waals surface area contributed by atoms with Crippen LogP contribution in [0.25, 0.3) is 32.3 Å². The zero-order valence-electron chi connectivity index (χ0n) is 57.8. The van der Waals surface area contributed by atoms with E-state index in [9.17, 15) is 39.6 Å². The molecule has 3 aliphatic heterocycles. The van der Waals surface area contributed by atoms with E-state index in [1.807, 2.05) is 160 Å². The second-order valence-electron chi connectivity index (χ2n) is 24.0. The number of rotatable bonds is 22. The van der Waals surface area contributed by atoms with Gasteiger partial charge in [0.05, 0.1) is 21.1 Å². The van der Waals surface area contributed by atoms with Gasteiger partial charge in [-0.05, 0) is 80.5 Å². The van der Waals surface area contributed by atoms with Crippen LogP contribution in [0.1, 0.15) is 52.0 Å². The number of fused-ring (bicyclic) bond motifs is 3. The first-order valence-electron chi connectivity index (χ1n) is 33.1. The van der Waals surface area contributed by atoms with Gasteiger partial charge >= 0.3 is 5.97 Å². The molecule has 3 saturated heterocycles. The van der Waals surface area contributed by atoms with E-state index in [2.05, 4.69) is 53.5 Å². The van der Waals surface area contributed by atoms with Gasteiger partial charge in [-0.15, -0.1) is 0 Å². The number of anilines is 3. The summed E-state index contributed by atoms with van der Waals surface area (Å²) in [5.74, 6) is -1.54. The Morgan fingerprint density at radius 1 is 0.526 bits per heavy atom. The molecular weight excluding hydrogens is 1310 g/mol. The van der Waals surface area contributed by atoms with Crippen LogP contribution < -0.4 is 36.0 Å². The number of sulfonamides is 2. The predicted molar refractivity (Wildman–Crippen MR) is 395 cm³/mol. The highest BCUT2D eigenvalue weighted by atomic mass is 35.7. The molecule has 0 aliphatic carbocycles. The highest BCUT2D eigenvalue weighted by Gasteiger charge is 2.35. The molecule has 7 aromatic rings. The van der Waals surface area contributed by atoms with Crippen molar-refractivity contribution in [3.63, 3.8) is 0 Å². The Hall–Kier alpha value is -7.23. The Balaban J connectivity index is 0.000000233. The van der Waals surface area contributed by atoms with Crippen LogP contribution in [0, 0.1) is 5.92 Å². The number of halogens is 1. The van der Waals surface area contributed by atoms with Crippen LogP contribution >= 0.6 is 10.7 Å². The summed E-state index contributed by atoms with van der Waals surface area (Å²) in [5, 5.41) is 17.1. The fourth-order valence-corrected chi connectivity index (χ4v) is 15.9. The number of ether oxygens (including phenoxy) is 1. The van der Waals surface area contributed by atoms with Gasteiger partial charge in [-0.2, -0.15) is 8.61 Å². The summed E-state index contributed by atoms with van der Waals surface area (Å²) in [7, 11) is 6.03. The fraction of sp³-hybridized carbons (Fsp3) is 0.431. The van der Waals surface area contributed by atoms with Crippen molar-refractivity contribution in [3.8, 4) is 0 Å². The van der Waals surface area contributed by atoms with E-state index >= 15 is 0 Å². The second-order valence-corrected chi connectivity index (χ2v) is 30.4. The Labute approximate surface area is 580 Å². The minimum absolute atomic E-state index is 0.0760. The maximum atomic E-state index is 13.8. The summed E-state index contributed by atoms with van der Waals surface area (Å²) in [4.78, 5) is 48.6. The van der Waals surface area contributed by atoms with E-state index in [4.69, 9.17) is 15.4 Å². The van der Waals surface area contributed by atoms with E-state index in [0.29, 0.717) is 67.7 Å². The number of nitrogens with one attached hydrogen (secondary N) is 4. The number of benzene rings is 7. The monoisotopic (exact) mass is 1410 g/mol. The summed E-state index contributed by atoms with van der Waals surface area (Å²) in [5.41, 5.74) is 3.77. The summed E-state index contributed by atoms with van der Waals surface area (Å²) in [6.07, 6.45) is 2.81. The average Bonchev–Trinajstić information content (AvgIpc) is 0.792. The van der Waals surface area contributed by atoms with Crippen molar-refractivity contribution in [2.24, 2.45) is 5.92 Å². The molecule has 3 heterocycles. The molecule has 0 unspecified atom stereocenters. The minimum Gasteiger partial charge on any atom is -0.461 e. The summed E-state index contributed by atoms with van der Waals surface area (Å²) < 4.78 is 85.0. The molecule has 3 aliphatic rings. The third-order valence-electron chi connectivity index (χ3n) is 16.9. The van der Waals surface area contributed by atoms with Crippen molar-refractivity contribution >= 4 is 107 Å². The lowest BCUT2D eigenvalue weighted by Crippen LogP contribution is -2.52. The van der Waals surface area contributed by atoms with Gasteiger partial charge in [-0.3, -0.25) is 14.4 Å². The lowest BCUT2D eigenvalue weighted by molar-refractivity contribution is -0.150. The topological polar surface area (TPSA) is 234 Å². The molecule has 0 bridgehead atoms. The maximum Gasteiger partial charge on any atom is 0.306 e.